The van der Waals surface area contributed by atoms with Gasteiger partial charge in [-0.15, -0.1) is 0 Å². The zero-order valence-corrected chi connectivity index (χ0v) is 11.1. The fourth-order valence-corrected chi connectivity index (χ4v) is 2.27. The van der Waals surface area contributed by atoms with Crippen molar-refractivity contribution in [3.05, 3.63) is 29.3 Å². The van der Waals surface area contributed by atoms with Gasteiger partial charge in [0, 0.05) is 5.56 Å². The number of likely N-dealkylation sites (tertiary alicyclic amines) is 1. The lowest BCUT2D eigenvalue weighted by atomic mass is 9.95. The third-order valence-electron chi connectivity index (χ3n) is 3.19. The Bertz CT molecular complexity index is 460. The second-order valence-electron chi connectivity index (χ2n) is 5.24. The van der Waals surface area contributed by atoms with Gasteiger partial charge in [0.05, 0.1) is 32.2 Å². The Kier molecular flexibility index (Phi) is 3.30. The number of benzene rings is 1. The Morgan fingerprint density at radius 1 is 1.50 bits per heavy atom. The molecule has 1 N–H and O–H groups in total. The predicted octanol–water partition coefficient (Wildman–Crippen LogP) is 1.14. The van der Waals surface area contributed by atoms with Gasteiger partial charge in [0.2, 0.25) is 5.91 Å². The topological polar surface area (TPSA) is 49.8 Å². The molecule has 0 aliphatic carbocycles. The van der Waals surface area contributed by atoms with Crippen molar-refractivity contribution in [2.45, 2.75) is 25.9 Å². The number of hydrogen-bond donors (Lipinski definition) is 1. The van der Waals surface area contributed by atoms with Crippen molar-refractivity contribution in [3.63, 3.8) is 0 Å². The summed E-state index contributed by atoms with van der Waals surface area (Å²) in [6, 6.07) is 5.81. The van der Waals surface area contributed by atoms with Crippen LogP contribution in [-0.2, 0) is 11.2 Å². The molecule has 2 rings (SSSR count). The van der Waals surface area contributed by atoms with E-state index in [1.165, 1.54) is 0 Å². The summed E-state index contributed by atoms with van der Waals surface area (Å²) < 4.78 is 5.25. The zero-order chi connectivity index (χ0) is 13.3. The van der Waals surface area contributed by atoms with E-state index in [0.717, 1.165) is 16.9 Å². The predicted molar refractivity (Wildman–Crippen MR) is 68.6 cm³/mol. The molecule has 0 unspecified atom stereocenters. The number of nitrogens with zero attached hydrogens (tertiary/aromatic N) is 1. The van der Waals surface area contributed by atoms with Crippen LogP contribution in [-0.4, -0.2) is 41.7 Å². The second-order valence-corrected chi connectivity index (χ2v) is 5.24. The molecular formula is C14H19NO3. The molecule has 4 nitrogen and oxygen atoms in total. The molecule has 1 amide bonds. The maximum absolute atomic E-state index is 12.0. The van der Waals surface area contributed by atoms with Crippen molar-refractivity contribution in [3.8, 4) is 5.75 Å². The second kappa shape index (κ2) is 4.61. The molecule has 1 heterocycles. The van der Waals surface area contributed by atoms with Crippen LogP contribution >= 0.6 is 0 Å². The van der Waals surface area contributed by atoms with Crippen molar-refractivity contribution in [1.82, 2.24) is 4.90 Å². The van der Waals surface area contributed by atoms with Gasteiger partial charge in [0.15, 0.2) is 0 Å². The van der Waals surface area contributed by atoms with E-state index in [4.69, 9.17) is 4.74 Å². The molecular weight excluding hydrogens is 230 g/mol. The lowest BCUT2D eigenvalue weighted by Crippen LogP contribution is -2.62. The molecule has 0 radical (unpaired) electrons. The molecule has 0 atom stereocenters. The molecule has 98 valence electrons. The molecule has 1 aromatic carbocycles. The minimum absolute atomic E-state index is 0.0328. The third-order valence-corrected chi connectivity index (χ3v) is 3.19. The van der Waals surface area contributed by atoms with E-state index < -0.39 is 5.60 Å². The Balaban J connectivity index is 2.05. The van der Waals surface area contributed by atoms with E-state index in [1.807, 2.05) is 25.1 Å². The van der Waals surface area contributed by atoms with E-state index in [9.17, 15) is 9.90 Å². The van der Waals surface area contributed by atoms with Crippen LogP contribution in [0.5, 0.6) is 5.75 Å². The van der Waals surface area contributed by atoms with Gasteiger partial charge in [-0.2, -0.15) is 0 Å². The molecule has 1 aliphatic rings. The van der Waals surface area contributed by atoms with Crippen LogP contribution < -0.4 is 4.74 Å². The number of aryl methyl sites for hydroxylation is 1. The van der Waals surface area contributed by atoms with Crippen molar-refractivity contribution >= 4 is 5.91 Å². The summed E-state index contributed by atoms with van der Waals surface area (Å²) in [4.78, 5) is 13.7. The summed E-state index contributed by atoms with van der Waals surface area (Å²) in [6.07, 6.45) is 0.320. The first-order valence-corrected chi connectivity index (χ1v) is 6.05. The molecule has 1 fully saturated rings. The van der Waals surface area contributed by atoms with Gasteiger partial charge >= 0.3 is 0 Å². The van der Waals surface area contributed by atoms with Crippen LogP contribution in [0.15, 0.2) is 18.2 Å². The van der Waals surface area contributed by atoms with Crippen LogP contribution in [0.3, 0.4) is 0 Å². The average Bonchev–Trinajstić information content (AvgIpc) is 2.26. The van der Waals surface area contributed by atoms with Crippen molar-refractivity contribution < 1.29 is 14.6 Å². The normalized spacial score (nSPS) is 17.2. The number of hydrogen-bond acceptors (Lipinski definition) is 3. The summed E-state index contributed by atoms with van der Waals surface area (Å²) in [7, 11) is 1.60. The van der Waals surface area contributed by atoms with E-state index in [2.05, 4.69) is 0 Å². The minimum atomic E-state index is -0.716. The SMILES string of the molecule is COc1ccc(C)cc1CC(=O)N1CC(C)(O)C1. The van der Waals surface area contributed by atoms with Crippen molar-refractivity contribution in [2.24, 2.45) is 0 Å². The largest absolute Gasteiger partial charge is 0.496 e. The highest BCUT2D eigenvalue weighted by molar-refractivity contribution is 5.80. The van der Waals surface area contributed by atoms with Crippen molar-refractivity contribution in [1.29, 1.82) is 0 Å². The highest BCUT2D eigenvalue weighted by atomic mass is 16.5. The van der Waals surface area contributed by atoms with Gasteiger partial charge in [-0.1, -0.05) is 17.7 Å². The van der Waals surface area contributed by atoms with Crippen LogP contribution in [0.4, 0.5) is 0 Å². The number of methoxy groups -OCH3 is 1. The molecule has 0 saturated carbocycles. The lowest BCUT2D eigenvalue weighted by Gasteiger charge is -2.44. The number of rotatable bonds is 3. The number of carbonyl (C=O) groups is 1. The van der Waals surface area contributed by atoms with Crippen LogP contribution in [0.2, 0.25) is 0 Å². The highest BCUT2D eigenvalue weighted by Crippen LogP contribution is 2.24. The Morgan fingerprint density at radius 2 is 2.17 bits per heavy atom. The van der Waals surface area contributed by atoms with Gasteiger partial charge in [-0.05, 0) is 19.9 Å². The maximum Gasteiger partial charge on any atom is 0.227 e. The van der Waals surface area contributed by atoms with Crippen LogP contribution in [0, 0.1) is 6.92 Å². The monoisotopic (exact) mass is 249 g/mol. The van der Waals surface area contributed by atoms with Crippen molar-refractivity contribution in [2.75, 3.05) is 20.2 Å². The van der Waals surface area contributed by atoms with E-state index in [-0.39, 0.29) is 5.91 Å². The smallest absolute Gasteiger partial charge is 0.227 e. The Hall–Kier alpha value is -1.55. The van der Waals surface area contributed by atoms with Crippen LogP contribution in [0.25, 0.3) is 0 Å². The van der Waals surface area contributed by atoms with Gasteiger partial charge < -0.3 is 14.7 Å². The number of β-amino-alcohol motifs (C(OH)–C–C–N with tert-alkyl or cyclic N) is 1. The first-order chi connectivity index (χ1) is 8.41. The standard InChI is InChI=1S/C14H19NO3/c1-10-4-5-12(18-3)11(6-10)7-13(16)15-8-14(2,17)9-15/h4-6,17H,7-9H2,1-3H3. The number of aliphatic hydroxyl groups is 1. The molecule has 0 spiro atoms. The molecule has 1 saturated heterocycles. The van der Waals surface area contributed by atoms with Crippen LogP contribution in [0.1, 0.15) is 18.1 Å². The van der Waals surface area contributed by atoms with E-state index in [1.54, 1.807) is 18.9 Å². The molecule has 0 aromatic heterocycles. The number of carbonyl (C=O) groups excluding carboxylic acids is 1. The summed E-state index contributed by atoms with van der Waals surface area (Å²) in [5.41, 5.74) is 1.29. The van der Waals surface area contributed by atoms with E-state index in [0.29, 0.717) is 19.5 Å². The Morgan fingerprint density at radius 3 is 2.72 bits per heavy atom. The Labute approximate surface area is 107 Å². The zero-order valence-electron chi connectivity index (χ0n) is 11.1. The van der Waals surface area contributed by atoms with E-state index >= 15 is 0 Å². The first kappa shape index (κ1) is 12.9. The van der Waals surface area contributed by atoms with Gasteiger partial charge in [0.25, 0.3) is 0 Å². The lowest BCUT2D eigenvalue weighted by molar-refractivity contribution is -0.151. The minimum Gasteiger partial charge on any atom is -0.496 e. The molecule has 1 aromatic rings. The highest BCUT2D eigenvalue weighted by Gasteiger charge is 2.39. The maximum atomic E-state index is 12.0. The van der Waals surface area contributed by atoms with Gasteiger partial charge in [-0.3, -0.25) is 4.79 Å². The fraction of sp³-hybridized carbons (Fsp3) is 0.500. The summed E-state index contributed by atoms with van der Waals surface area (Å²) in [6.45, 7) is 4.56. The summed E-state index contributed by atoms with van der Waals surface area (Å²) in [5.74, 6) is 0.770. The first-order valence-electron chi connectivity index (χ1n) is 6.05. The van der Waals surface area contributed by atoms with Gasteiger partial charge in [-0.25, -0.2) is 0 Å². The molecule has 0 bridgehead atoms. The summed E-state index contributed by atoms with van der Waals surface area (Å²) in [5, 5.41) is 9.62. The fourth-order valence-electron chi connectivity index (χ4n) is 2.27. The average molecular weight is 249 g/mol. The third kappa shape index (κ3) is 2.64. The quantitative estimate of drug-likeness (QED) is 0.874. The van der Waals surface area contributed by atoms with Gasteiger partial charge in [0.1, 0.15) is 5.75 Å². The number of amides is 1. The molecule has 18 heavy (non-hydrogen) atoms. The number of ether oxygens (including phenoxy) is 1. The summed E-state index contributed by atoms with van der Waals surface area (Å²) >= 11 is 0. The molecule has 1 aliphatic heterocycles. The molecule has 4 heteroatoms.